The van der Waals surface area contributed by atoms with Crippen molar-refractivity contribution in [2.45, 2.75) is 0 Å². The van der Waals surface area contributed by atoms with Crippen molar-refractivity contribution in [1.82, 2.24) is 0 Å². The Labute approximate surface area is 140 Å². The Morgan fingerprint density at radius 1 is 0.591 bits per heavy atom. The third-order valence-electron chi connectivity index (χ3n) is 3.19. The van der Waals surface area contributed by atoms with Crippen LogP contribution in [0.1, 0.15) is 0 Å². The Balaban J connectivity index is 0.000000545. The van der Waals surface area contributed by atoms with E-state index in [1.165, 1.54) is 16.4 Å². The van der Waals surface area contributed by atoms with Gasteiger partial charge < -0.3 is 0 Å². The fourth-order valence-electron chi connectivity index (χ4n) is 2.31. The van der Waals surface area contributed by atoms with E-state index in [0.29, 0.717) is 0 Å². The first-order valence-electron chi connectivity index (χ1n) is 6.94. The number of carbonyl (C=O) groups excluding carboxylic acids is 1. The molecule has 1 nitrogen and oxygen atoms in total. The molecule has 107 valence electrons. The fraction of sp³-hybridized carbons (Fsp3) is 0. The van der Waals surface area contributed by atoms with Crippen LogP contribution < -0.4 is 10.7 Å². The second-order valence-electron chi connectivity index (χ2n) is 4.58. The van der Waals surface area contributed by atoms with Crippen LogP contribution in [0.4, 0.5) is 0 Å². The third kappa shape index (κ3) is 4.68. The topological polar surface area (TPSA) is 17.1 Å². The van der Waals surface area contributed by atoms with E-state index in [2.05, 4.69) is 99.9 Å². The number of benzene rings is 3. The molecule has 0 aromatic heterocycles. The van der Waals surface area contributed by atoms with E-state index in [0.717, 1.165) is 0 Å². The van der Waals surface area contributed by atoms with E-state index in [9.17, 15) is 0 Å². The predicted octanol–water partition coefficient (Wildman–Crippen LogP) is 2.40. The van der Waals surface area contributed by atoms with E-state index in [1.807, 2.05) is 0 Å². The molecule has 3 aromatic rings. The van der Waals surface area contributed by atoms with Crippen LogP contribution in [0.3, 0.4) is 0 Å². The van der Waals surface area contributed by atoms with Crippen LogP contribution in [0, 0.1) is 0 Å². The SMILES string of the molecule is O=C=P.c1cc[c]([Sn]([c]2ccccc2)[c]2ccccc2)cc1. The predicted molar refractivity (Wildman–Crippen MR) is 98.0 cm³/mol. The van der Waals surface area contributed by atoms with Gasteiger partial charge in [0.1, 0.15) is 5.66 Å². The Kier molecular flexibility index (Phi) is 7.12. The third-order valence-corrected chi connectivity index (χ3v) is 11.0. The van der Waals surface area contributed by atoms with Crippen molar-refractivity contribution in [1.29, 1.82) is 0 Å². The number of hydrogen-bond acceptors (Lipinski definition) is 1. The van der Waals surface area contributed by atoms with Gasteiger partial charge in [-0.1, -0.05) is 0 Å². The van der Waals surface area contributed by atoms with Gasteiger partial charge in [0.2, 0.25) is 0 Å². The zero-order chi connectivity index (χ0) is 15.6. The zero-order valence-corrected chi connectivity index (χ0v) is 15.9. The van der Waals surface area contributed by atoms with E-state index in [-0.39, 0.29) is 0 Å². The molecule has 0 aliphatic heterocycles. The molecule has 0 aliphatic rings. The maximum atomic E-state index is 8.59. The summed E-state index contributed by atoms with van der Waals surface area (Å²) < 4.78 is 4.59. The van der Waals surface area contributed by atoms with E-state index >= 15 is 0 Å². The summed E-state index contributed by atoms with van der Waals surface area (Å²) in [5.41, 5.74) is 1.31. The molecule has 3 heteroatoms. The van der Waals surface area contributed by atoms with Crippen molar-refractivity contribution in [3.63, 3.8) is 0 Å². The molecule has 3 rings (SSSR count). The Bertz CT molecular complexity index is 614. The molecule has 0 heterocycles. The Morgan fingerprint density at radius 3 is 1.05 bits per heavy atom. The molecule has 0 saturated heterocycles. The average Bonchev–Trinajstić information content (AvgIpc) is 2.59. The molecule has 22 heavy (non-hydrogen) atoms. The average molecular weight is 410 g/mol. The van der Waals surface area contributed by atoms with E-state index in [1.54, 1.807) is 0 Å². The summed E-state index contributed by atoms with van der Waals surface area (Å²) in [7, 11) is 2.38. The molecule has 1 radical (unpaired) electrons. The van der Waals surface area contributed by atoms with Gasteiger partial charge in [-0.15, -0.1) is 0 Å². The van der Waals surface area contributed by atoms with E-state index in [4.69, 9.17) is 4.79 Å². The first-order chi connectivity index (χ1) is 10.9. The first-order valence-corrected chi connectivity index (χ1v) is 11.7. The Hall–Kier alpha value is -1.66. The minimum absolute atomic E-state index is 1.31. The van der Waals surface area contributed by atoms with Crippen molar-refractivity contribution in [2.24, 2.45) is 0 Å². The van der Waals surface area contributed by atoms with Gasteiger partial charge in [0, 0.05) is 0 Å². The van der Waals surface area contributed by atoms with Crippen molar-refractivity contribution in [3.05, 3.63) is 91.0 Å². The first kappa shape index (κ1) is 16.7. The van der Waals surface area contributed by atoms with Crippen LogP contribution in [0.15, 0.2) is 91.0 Å². The molecule has 0 saturated carbocycles. The number of rotatable bonds is 3. The second kappa shape index (κ2) is 9.38. The summed E-state index contributed by atoms with van der Waals surface area (Å²) >= 11 is -1.98. The normalized spacial score (nSPS) is 9.50. The summed E-state index contributed by atoms with van der Waals surface area (Å²) in [6.45, 7) is 0. The van der Waals surface area contributed by atoms with Gasteiger partial charge in [-0.2, -0.15) is 0 Å². The summed E-state index contributed by atoms with van der Waals surface area (Å²) in [6.07, 6.45) is 0. The van der Waals surface area contributed by atoms with Gasteiger partial charge >= 0.3 is 121 Å². The molecule has 0 unspecified atom stereocenters. The van der Waals surface area contributed by atoms with Gasteiger partial charge in [-0.25, -0.2) is 4.79 Å². The molecule has 0 fully saturated rings. The zero-order valence-electron chi connectivity index (χ0n) is 12.1. The quantitative estimate of drug-likeness (QED) is 0.479. The minimum atomic E-state index is -1.98. The van der Waals surface area contributed by atoms with Gasteiger partial charge in [0.25, 0.3) is 0 Å². The summed E-state index contributed by atoms with van der Waals surface area (Å²) in [4.78, 5) is 8.59. The van der Waals surface area contributed by atoms with Crippen molar-refractivity contribution in [3.8, 4) is 0 Å². The van der Waals surface area contributed by atoms with Crippen molar-refractivity contribution in [2.75, 3.05) is 0 Å². The van der Waals surface area contributed by atoms with Crippen molar-refractivity contribution >= 4 is 45.0 Å². The van der Waals surface area contributed by atoms with Crippen LogP contribution >= 0.6 is 8.86 Å². The molecular formula is C19H16OPSn. The molecule has 0 aliphatic carbocycles. The standard InChI is InChI=1S/3C6H5.CHOP.Sn/c3*1-2-4-6-5-3-1;2-1-3;/h3*1-5H;3H;. The van der Waals surface area contributed by atoms with Crippen LogP contribution in [0.25, 0.3) is 0 Å². The molecule has 0 N–H and O–H groups in total. The molecule has 3 aromatic carbocycles. The maximum absolute atomic E-state index is 8.59. The van der Waals surface area contributed by atoms with Crippen LogP contribution in [-0.2, 0) is 4.79 Å². The Morgan fingerprint density at radius 2 is 0.818 bits per heavy atom. The molecule has 0 atom stereocenters. The van der Waals surface area contributed by atoms with Crippen molar-refractivity contribution < 1.29 is 4.79 Å². The second-order valence-corrected chi connectivity index (χ2v) is 11.9. The fourth-order valence-corrected chi connectivity index (χ4v) is 9.67. The molecule has 0 amide bonds. The molecular weight excluding hydrogens is 394 g/mol. The number of hydrogen-bond donors (Lipinski definition) is 0. The summed E-state index contributed by atoms with van der Waals surface area (Å²) in [6, 6.07) is 32.9. The van der Waals surface area contributed by atoms with Gasteiger partial charge in [-0.05, 0) is 8.86 Å². The van der Waals surface area contributed by atoms with Crippen LogP contribution in [0.5, 0.6) is 0 Å². The summed E-state index contributed by atoms with van der Waals surface area (Å²) in [5, 5.41) is 0. The van der Waals surface area contributed by atoms with Gasteiger partial charge in [0.05, 0.1) is 0 Å². The summed E-state index contributed by atoms with van der Waals surface area (Å²) in [5.74, 6) is 0. The molecule has 0 spiro atoms. The molecule has 0 bridgehead atoms. The van der Waals surface area contributed by atoms with Gasteiger partial charge in [-0.3, -0.25) is 0 Å². The van der Waals surface area contributed by atoms with Gasteiger partial charge in [0.15, 0.2) is 0 Å². The monoisotopic (exact) mass is 411 g/mol. The van der Waals surface area contributed by atoms with Crippen LogP contribution in [0.2, 0.25) is 0 Å². The van der Waals surface area contributed by atoms with Crippen LogP contribution in [-0.4, -0.2) is 25.4 Å². The van der Waals surface area contributed by atoms with E-state index < -0.39 is 19.8 Å².